The van der Waals surface area contributed by atoms with Crippen LogP contribution in [-0.2, 0) is 24.2 Å². The van der Waals surface area contributed by atoms with Crippen LogP contribution in [0.5, 0.6) is 5.75 Å². The topological polar surface area (TPSA) is 90.7 Å². The molecule has 2 aromatic heterocycles. The van der Waals surface area contributed by atoms with Gasteiger partial charge in [-0.05, 0) is 63.1 Å². The van der Waals surface area contributed by atoms with Crippen LogP contribution in [0.2, 0.25) is 0 Å². The number of para-hydroxylation sites is 1. The number of rotatable bonds is 6. The van der Waals surface area contributed by atoms with E-state index >= 15 is 0 Å². The van der Waals surface area contributed by atoms with Gasteiger partial charge in [-0.3, -0.25) is 4.79 Å². The smallest absolute Gasteiger partial charge is 0.341 e. The molecule has 1 amide bonds. The van der Waals surface area contributed by atoms with Gasteiger partial charge in [0.05, 0.1) is 18.2 Å². The second-order valence-electron chi connectivity index (χ2n) is 8.29. The Labute approximate surface area is 197 Å². The van der Waals surface area contributed by atoms with E-state index in [0.29, 0.717) is 21.9 Å². The number of hydrogen-bond acceptors (Lipinski definition) is 7. The predicted molar refractivity (Wildman–Crippen MR) is 126 cm³/mol. The quantitative estimate of drug-likeness (QED) is 0.377. The highest BCUT2D eigenvalue weighted by molar-refractivity contribution is 7.17. The summed E-state index contributed by atoms with van der Waals surface area (Å²) in [6.07, 6.45) is 4.93. The van der Waals surface area contributed by atoms with Crippen molar-refractivity contribution in [3.63, 3.8) is 0 Å². The van der Waals surface area contributed by atoms with E-state index in [2.05, 4.69) is 10.5 Å². The molecule has 174 valence electrons. The van der Waals surface area contributed by atoms with Gasteiger partial charge in [0.1, 0.15) is 23.1 Å². The Morgan fingerprint density at radius 3 is 2.58 bits per heavy atom. The molecule has 4 rings (SSSR count). The minimum Gasteiger partial charge on any atom is -0.488 e. The fourth-order valence-electron chi connectivity index (χ4n) is 4.22. The Balaban J connectivity index is 1.60. The van der Waals surface area contributed by atoms with Crippen molar-refractivity contribution in [2.75, 3.05) is 12.4 Å². The molecule has 0 fully saturated rings. The van der Waals surface area contributed by atoms with Gasteiger partial charge in [0.2, 0.25) is 0 Å². The third-order valence-electron chi connectivity index (χ3n) is 6.01. The monoisotopic (exact) mass is 468 g/mol. The van der Waals surface area contributed by atoms with Crippen molar-refractivity contribution < 1.29 is 23.6 Å². The first-order valence-electron chi connectivity index (χ1n) is 11.1. The van der Waals surface area contributed by atoms with E-state index < -0.39 is 11.9 Å². The van der Waals surface area contributed by atoms with Crippen LogP contribution in [0.3, 0.4) is 0 Å². The second-order valence-corrected chi connectivity index (χ2v) is 9.39. The van der Waals surface area contributed by atoms with Crippen molar-refractivity contribution in [3.05, 3.63) is 62.3 Å². The van der Waals surface area contributed by atoms with Crippen molar-refractivity contribution in [2.24, 2.45) is 0 Å². The molecule has 3 aromatic rings. The molecule has 1 aliphatic rings. The molecular formula is C25H28N2O5S. The van der Waals surface area contributed by atoms with Crippen LogP contribution in [0, 0.1) is 20.8 Å². The highest BCUT2D eigenvalue weighted by Gasteiger charge is 2.28. The van der Waals surface area contributed by atoms with Crippen LogP contribution in [0.4, 0.5) is 5.00 Å². The maximum Gasteiger partial charge on any atom is 0.341 e. The van der Waals surface area contributed by atoms with E-state index in [0.717, 1.165) is 59.4 Å². The number of nitrogens with zero attached hydrogens (tertiary/aromatic N) is 1. The van der Waals surface area contributed by atoms with E-state index in [9.17, 15) is 9.59 Å². The fraction of sp³-hybridized carbons (Fsp3) is 0.400. The fourth-order valence-corrected chi connectivity index (χ4v) is 5.49. The van der Waals surface area contributed by atoms with Gasteiger partial charge in [-0.25, -0.2) is 4.79 Å². The molecule has 0 saturated heterocycles. The molecule has 0 aliphatic heterocycles. The first kappa shape index (κ1) is 23.0. The van der Waals surface area contributed by atoms with E-state index in [1.807, 2.05) is 32.0 Å². The van der Waals surface area contributed by atoms with Gasteiger partial charge in [-0.15, -0.1) is 11.3 Å². The Hall–Kier alpha value is -3.13. The van der Waals surface area contributed by atoms with Gasteiger partial charge >= 0.3 is 5.97 Å². The number of nitrogens with one attached hydrogen (secondary N) is 1. The van der Waals surface area contributed by atoms with Gasteiger partial charge < -0.3 is 19.3 Å². The van der Waals surface area contributed by atoms with E-state index in [1.54, 1.807) is 6.92 Å². The number of aryl methyl sites for hydroxylation is 4. The lowest BCUT2D eigenvalue weighted by Gasteiger charge is -2.12. The summed E-state index contributed by atoms with van der Waals surface area (Å²) in [5, 5.41) is 7.38. The third kappa shape index (κ3) is 4.66. The number of anilines is 1. The van der Waals surface area contributed by atoms with Crippen molar-refractivity contribution >= 4 is 28.2 Å². The molecule has 7 nitrogen and oxygen atoms in total. The maximum absolute atomic E-state index is 13.2. The van der Waals surface area contributed by atoms with Gasteiger partial charge in [0.25, 0.3) is 5.91 Å². The number of benzene rings is 1. The molecule has 8 heteroatoms. The zero-order valence-corrected chi connectivity index (χ0v) is 20.2. The SMILES string of the molecule is COC(=O)c1c(NC(=O)c2noc(C)c2COc2c(C)cccc2C)sc2c1CCCCC2. The van der Waals surface area contributed by atoms with Gasteiger partial charge in [0, 0.05) is 4.88 Å². The number of esters is 1. The number of aromatic nitrogens is 1. The number of fused-ring (bicyclic) bond motifs is 1. The largest absolute Gasteiger partial charge is 0.488 e. The average Bonchev–Trinajstić information content (AvgIpc) is 3.23. The number of ether oxygens (including phenoxy) is 2. The molecule has 0 spiro atoms. The third-order valence-corrected chi connectivity index (χ3v) is 7.21. The Morgan fingerprint density at radius 2 is 1.85 bits per heavy atom. The van der Waals surface area contributed by atoms with Crippen LogP contribution in [0.1, 0.15) is 73.0 Å². The predicted octanol–water partition coefficient (Wildman–Crippen LogP) is 5.55. The zero-order chi connectivity index (χ0) is 23.5. The van der Waals surface area contributed by atoms with Crippen LogP contribution in [0.15, 0.2) is 22.7 Å². The Bertz CT molecular complexity index is 1170. The number of thiophene rings is 1. The van der Waals surface area contributed by atoms with Crippen molar-refractivity contribution in [1.29, 1.82) is 0 Å². The van der Waals surface area contributed by atoms with Gasteiger partial charge in [-0.2, -0.15) is 0 Å². The molecule has 33 heavy (non-hydrogen) atoms. The molecule has 1 N–H and O–H groups in total. The van der Waals surface area contributed by atoms with Crippen molar-refractivity contribution in [3.8, 4) is 5.75 Å². The zero-order valence-electron chi connectivity index (χ0n) is 19.4. The molecule has 0 atom stereocenters. The summed E-state index contributed by atoms with van der Waals surface area (Å²) < 4.78 is 16.4. The lowest BCUT2D eigenvalue weighted by molar-refractivity contribution is 0.0601. The van der Waals surface area contributed by atoms with E-state index in [1.165, 1.54) is 18.4 Å². The molecule has 1 aliphatic carbocycles. The van der Waals surface area contributed by atoms with Crippen LogP contribution < -0.4 is 10.1 Å². The molecule has 0 radical (unpaired) electrons. The standard InChI is InChI=1S/C25H28N2O5S/c1-14-9-8-10-15(2)22(14)31-13-18-16(3)32-27-21(18)23(28)26-24-20(25(29)30-4)17-11-6-5-7-12-19(17)33-24/h8-10H,5-7,11-13H2,1-4H3,(H,26,28). The average molecular weight is 469 g/mol. The van der Waals surface area contributed by atoms with E-state index in [4.69, 9.17) is 14.0 Å². The lowest BCUT2D eigenvalue weighted by Crippen LogP contribution is -2.17. The summed E-state index contributed by atoms with van der Waals surface area (Å²) in [6.45, 7) is 5.85. The van der Waals surface area contributed by atoms with Gasteiger partial charge in [-0.1, -0.05) is 29.8 Å². The lowest BCUT2D eigenvalue weighted by atomic mass is 10.1. The number of carbonyl (C=O) groups excluding carboxylic acids is 2. The second kappa shape index (κ2) is 9.79. The van der Waals surface area contributed by atoms with Crippen molar-refractivity contribution in [1.82, 2.24) is 5.16 Å². The molecule has 0 bridgehead atoms. The number of hydrogen-bond donors (Lipinski definition) is 1. The minimum absolute atomic E-state index is 0.147. The summed E-state index contributed by atoms with van der Waals surface area (Å²) in [6, 6.07) is 5.93. The summed E-state index contributed by atoms with van der Waals surface area (Å²) in [7, 11) is 1.36. The molecular weight excluding hydrogens is 440 g/mol. The molecule has 0 saturated carbocycles. The molecule has 1 aromatic carbocycles. The minimum atomic E-state index is -0.437. The number of amides is 1. The van der Waals surface area contributed by atoms with E-state index in [-0.39, 0.29) is 12.3 Å². The Morgan fingerprint density at radius 1 is 1.12 bits per heavy atom. The number of carbonyl (C=O) groups is 2. The normalized spacial score (nSPS) is 13.2. The summed E-state index contributed by atoms with van der Waals surface area (Å²) in [4.78, 5) is 26.9. The summed E-state index contributed by atoms with van der Waals surface area (Å²) in [5.41, 5.74) is 4.21. The summed E-state index contributed by atoms with van der Waals surface area (Å²) >= 11 is 1.45. The number of methoxy groups -OCH3 is 1. The molecule has 2 heterocycles. The molecule has 0 unspecified atom stereocenters. The van der Waals surface area contributed by atoms with Gasteiger partial charge in [0.15, 0.2) is 5.69 Å². The Kier molecular flexibility index (Phi) is 6.83. The van der Waals surface area contributed by atoms with Crippen LogP contribution in [-0.4, -0.2) is 24.1 Å². The van der Waals surface area contributed by atoms with Crippen molar-refractivity contribution in [2.45, 2.75) is 59.5 Å². The van der Waals surface area contributed by atoms with Crippen LogP contribution in [0.25, 0.3) is 0 Å². The highest BCUT2D eigenvalue weighted by Crippen LogP contribution is 2.38. The first-order chi connectivity index (χ1) is 15.9. The highest BCUT2D eigenvalue weighted by atomic mass is 32.1. The van der Waals surface area contributed by atoms with Crippen LogP contribution >= 0.6 is 11.3 Å². The summed E-state index contributed by atoms with van der Waals surface area (Å²) in [5.74, 6) is 0.425. The first-order valence-corrected chi connectivity index (χ1v) is 11.9. The maximum atomic E-state index is 13.2.